The molecule has 0 nitrogen and oxygen atoms in total. The molecule has 0 saturated carbocycles. The Bertz CT molecular complexity index is 137. The first-order valence-corrected chi connectivity index (χ1v) is 7.20. The van der Waals surface area contributed by atoms with Crippen LogP contribution in [0, 0.1) is 36.7 Å². The van der Waals surface area contributed by atoms with Gasteiger partial charge in [0, 0.05) is 0 Å². The van der Waals surface area contributed by atoms with Gasteiger partial charge in [-0.2, -0.15) is 0 Å². The van der Waals surface area contributed by atoms with E-state index in [1.165, 1.54) is 0.331 Å². The summed E-state index contributed by atoms with van der Waals surface area (Å²) < 4.78 is 12.5. The first-order chi connectivity index (χ1) is 3.80. The molecule has 0 aromatic heterocycles. The Balaban J connectivity index is 2.51. The van der Waals surface area contributed by atoms with Crippen molar-refractivity contribution >= 4 is 9.27 Å². The Kier molecular flexibility index (Phi) is 3.53. The molecule has 0 bridgehead atoms. The molecule has 8 heavy (non-hydrogen) atoms. The van der Waals surface area contributed by atoms with E-state index in [4.69, 9.17) is 9.27 Å². The van der Waals surface area contributed by atoms with Crippen LogP contribution >= 0.6 is 9.27 Å². The van der Waals surface area contributed by atoms with Crippen molar-refractivity contribution in [3.05, 3.63) is 18.6 Å². The van der Waals surface area contributed by atoms with Crippen LogP contribution in [0.1, 0.15) is 6.42 Å². The molecule has 0 aromatic rings. The van der Waals surface area contributed by atoms with E-state index < -0.39 is 36.7 Å². The van der Waals surface area contributed by atoms with Gasteiger partial charge in [-0.3, -0.25) is 0 Å². The van der Waals surface area contributed by atoms with Gasteiger partial charge in [0.1, 0.15) is 0 Å². The number of hydrogen-bond acceptors (Lipinski definition) is 0. The number of halogens is 2. The van der Waals surface area contributed by atoms with E-state index in [2.05, 4.69) is 6.08 Å². The molecule has 0 aromatic carbocycles. The van der Waals surface area contributed by atoms with Crippen molar-refractivity contribution < 1.29 is 36.7 Å². The second-order valence-corrected chi connectivity index (χ2v) is 7.07. The van der Waals surface area contributed by atoms with Crippen LogP contribution in [-0.2, 0) is 0 Å². The molecule has 0 unspecified atom stereocenters. The van der Waals surface area contributed by atoms with Gasteiger partial charge in [0.15, 0.2) is 0 Å². The zero-order valence-corrected chi connectivity index (χ0v) is 7.19. The van der Waals surface area contributed by atoms with Crippen LogP contribution < -0.4 is 0 Å². The summed E-state index contributed by atoms with van der Waals surface area (Å²) >= 11 is -1.32. The second kappa shape index (κ2) is 3.68. The van der Waals surface area contributed by atoms with Gasteiger partial charge in [0.25, 0.3) is 0 Å². The fraction of sp³-hybridized carbons (Fsp3) is 0.200. The molecule has 3 heteroatoms. The Hall–Kier alpha value is 1.58. The molecule has 53 valence electrons. The topological polar surface area (TPSA) is 0 Å². The summed E-state index contributed by atoms with van der Waals surface area (Å²) in [5.74, 6) is 0. The van der Waals surface area contributed by atoms with E-state index in [0.717, 1.165) is 6.42 Å². The minimum atomic E-state index is -1.32. The molecular formula is C5H5Cl2Yb. The summed E-state index contributed by atoms with van der Waals surface area (Å²) in [6.07, 6.45) is 7.03. The number of allylic oxidation sites excluding steroid dienone is 4. The zero-order valence-electron chi connectivity index (χ0n) is 3.96. The first kappa shape index (κ1) is 7.68. The van der Waals surface area contributed by atoms with Crippen LogP contribution in [0.15, 0.2) is 18.6 Å². The minimum absolute atomic E-state index is 0.968. The van der Waals surface area contributed by atoms with Gasteiger partial charge in [-0.1, -0.05) is 0 Å². The normalized spacial score (nSPS) is 18.8. The molecule has 0 spiro atoms. The average Bonchev–Trinajstić information content (AvgIpc) is 2.12. The second-order valence-electron chi connectivity index (χ2n) is 1.31. The van der Waals surface area contributed by atoms with Gasteiger partial charge >= 0.3 is 70.9 Å². The predicted octanol–water partition coefficient (Wildman–Crippen LogP) is 2.76. The van der Waals surface area contributed by atoms with Gasteiger partial charge in [-0.15, -0.1) is 0 Å². The third-order valence-electron chi connectivity index (χ3n) is 0.815. The van der Waals surface area contributed by atoms with Crippen LogP contribution in [0.4, 0.5) is 0 Å². The predicted molar refractivity (Wildman–Crippen MR) is 33.5 cm³/mol. The summed E-state index contributed by atoms with van der Waals surface area (Å²) in [6, 6.07) is 0. The van der Waals surface area contributed by atoms with Crippen molar-refractivity contribution in [3.8, 4) is 0 Å². The summed E-state index contributed by atoms with van der Waals surface area (Å²) in [5, 5.41) is 0. The molecular weight excluding hydrogens is 304 g/mol. The number of hydrogen-bond donors (Lipinski definition) is 0. The summed E-state index contributed by atoms with van der Waals surface area (Å²) in [6.45, 7) is 0. The summed E-state index contributed by atoms with van der Waals surface area (Å²) in [7, 11) is 0. The molecule has 0 amide bonds. The average molecular weight is 309 g/mol. The molecule has 0 heterocycles. The fourth-order valence-corrected chi connectivity index (χ4v) is 2.43. The Labute approximate surface area is 69.3 Å². The molecule has 0 saturated heterocycles. The summed E-state index contributed by atoms with van der Waals surface area (Å²) in [4.78, 5) is 0. The molecule has 0 atom stereocenters. The van der Waals surface area contributed by atoms with Crippen molar-refractivity contribution in [2.24, 2.45) is 0 Å². The van der Waals surface area contributed by atoms with Gasteiger partial charge in [0.2, 0.25) is 0 Å². The maximum atomic E-state index is 5.66. The molecule has 1 aliphatic carbocycles. The van der Waals surface area contributed by atoms with Crippen molar-refractivity contribution in [3.63, 3.8) is 0 Å². The van der Waals surface area contributed by atoms with Gasteiger partial charge in [0.05, 0.1) is 0 Å². The van der Waals surface area contributed by atoms with Crippen molar-refractivity contribution in [2.45, 2.75) is 6.42 Å². The van der Waals surface area contributed by atoms with E-state index in [-0.39, 0.29) is 0 Å². The van der Waals surface area contributed by atoms with E-state index >= 15 is 0 Å². The molecule has 1 aliphatic rings. The van der Waals surface area contributed by atoms with E-state index in [0.29, 0.717) is 0 Å². The van der Waals surface area contributed by atoms with Crippen LogP contribution in [0.5, 0.6) is 0 Å². The third-order valence-corrected chi connectivity index (χ3v) is 4.21. The summed E-state index contributed by atoms with van der Waals surface area (Å²) in [5.41, 5.74) is 0. The maximum absolute atomic E-state index is 5.66. The van der Waals surface area contributed by atoms with Gasteiger partial charge in [-0.05, 0) is 0 Å². The Morgan fingerprint density at radius 1 is 1.50 bits per heavy atom. The molecule has 0 fully saturated rings. The van der Waals surface area contributed by atoms with Crippen molar-refractivity contribution in [2.75, 3.05) is 0 Å². The zero-order chi connectivity index (χ0) is 5.98. The van der Waals surface area contributed by atoms with Gasteiger partial charge < -0.3 is 0 Å². The van der Waals surface area contributed by atoms with Crippen LogP contribution in [-0.4, -0.2) is 0 Å². The monoisotopic (exact) mass is 309 g/mol. The molecule has 0 N–H and O–H groups in total. The van der Waals surface area contributed by atoms with E-state index in [1.807, 2.05) is 12.2 Å². The van der Waals surface area contributed by atoms with Crippen molar-refractivity contribution in [1.82, 2.24) is 0 Å². The quantitative estimate of drug-likeness (QED) is 0.699. The first-order valence-electron chi connectivity index (χ1n) is 2.05. The van der Waals surface area contributed by atoms with Gasteiger partial charge in [-0.25, -0.2) is 0 Å². The van der Waals surface area contributed by atoms with Crippen LogP contribution in [0.3, 0.4) is 0 Å². The van der Waals surface area contributed by atoms with Crippen LogP contribution in [0.25, 0.3) is 0 Å². The van der Waals surface area contributed by atoms with E-state index in [1.54, 1.807) is 0 Å². The molecule has 0 aliphatic heterocycles. The Morgan fingerprint density at radius 3 is 2.50 bits per heavy atom. The number of rotatable bonds is 1. The van der Waals surface area contributed by atoms with Crippen LogP contribution in [0.2, 0.25) is 0 Å². The van der Waals surface area contributed by atoms with Crippen molar-refractivity contribution in [1.29, 1.82) is 0 Å². The van der Waals surface area contributed by atoms with E-state index in [9.17, 15) is 0 Å². The molecule has 1 rings (SSSR count). The standard InChI is InChI=1S/C5H5.2ClH.Yb/c1-2-4-5-3-1;;;/h1-3H,4H2;2*1H;/q;;;+2/p-2. The fourth-order valence-electron chi connectivity index (χ4n) is 0.472. The molecule has 0 radical (unpaired) electrons. The third kappa shape index (κ3) is 2.07. The SMILES string of the molecule is [Cl][Yb]([Cl])[C]1=CC=CC1. The Morgan fingerprint density at radius 2 is 2.25 bits per heavy atom.